The highest BCUT2D eigenvalue weighted by Crippen LogP contribution is 2.29. The van der Waals surface area contributed by atoms with Crippen molar-refractivity contribution in [2.75, 3.05) is 5.32 Å². The second-order valence-corrected chi connectivity index (χ2v) is 8.08. The summed E-state index contributed by atoms with van der Waals surface area (Å²) in [6.45, 7) is 4.72. The lowest BCUT2D eigenvalue weighted by Gasteiger charge is -2.14. The van der Waals surface area contributed by atoms with E-state index in [2.05, 4.69) is 27.0 Å². The van der Waals surface area contributed by atoms with Gasteiger partial charge in [-0.3, -0.25) is 4.79 Å². The lowest BCUT2D eigenvalue weighted by molar-refractivity contribution is -0.115. The summed E-state index contributed by atoms with van der Waals surface area (Å²) in [6.07, 6.45) is 0.571. The topological polar surface area (TPSA) is 110 Å². The highest BCUT2D eigenvalue weighted by molar-refractivity contribution is 8.00. The third-order valence-electron chi connectivity index (χ3n) is 4.98. The Kier molecular flexibility index (Phi) is 5.85. The summed E-state index contributed by atoms with van der Waals surface area (Å²) >= 11 is 1.26. The second-order valence-electron chi connectivity index (χ2n) is 6.91. The molecule has 1 atom stereocenters. The monoisotopic (exact) mass is 435 g/mol. The van der Waals surface area contributed by atoms with E-state index in [0.717, 1.165) is 28.6 Å². The van der Waals surface area contributed by atoms with Crippen molar-refractivity contribution in [3.63, 3.8) is 0 Å². The van der Waals surface area contributed by atoms with E-state index >= 15 is 0 Å². The second kappa shape index (κ2) is 8.73. The third kappa shape index (κ3) is 4.09. The first-order chi connectivity index (χ1) is 15.0. The van der Waals surface area contributed by atoms with E-state index in [9.17, 15) is 9.59 Å². The van der Waals surface area contributed by atoms with Crippen LogP contribution in [-0.2, 0) is 11.3 Å². The van der Waals surface area contributed by atoms with Gasteiger partial charge in [-0.25, -0.2) is 9.78 Å². The molecule has 0 bridgehead atoms. The molecule has 9 heteroatoms. The Balaban J connectivity index is 1.57. The number of anilines is 1. The van der Waals surface area contributed by atoms with Crippen molar-refractivity contribution in [3.05, 3.63) is 54.1 Å². The number of rotatable bonds is 7. The molecule has 0 radical (unpaired) electrons. The fourth-order valence-electron chi connectivity index (χ4n) is 3.43. The number of carbonyl (C=O) groups excluding carboxylic acids is 1. The van der Waals surface area contributed by atoms with Gasteiger partial charge in [-0.2, -0.15) is 0 Å². The normalized spacial score (nSPS) is 12.2. The van der Waals surface area contributed by atoms with Gasteiger partial charge in [-0.1, -0.05) is 36.9 Å². The van der Waals surface area contributed by atoms with E-state index in [-0.39, 0.29) is 11.5 Å². The fraction of sp³-hybridized carbons (Fsp3) is 0.227. The van der Waals surface area contributed by atoms with Crippen LogP contribution < -0.4 is 5.32 Å². The molecule has 0 fully saturated rings. The summed E-state index contributed by atoms with van der Waals surface area (Å²) in [7, 11) is 0. The number of aryl methyl sites for hydroxylation is 1. The van der Waals surface area contributed by atoms with Crippen LogP contribution in [0, 0.1) is 0 Å². The van der Waals surface area contributed by atoms with Crippen LogP contribution in [0.1, 0.15) is 30.6 Å². The first-order valence-electron chi connectivity index (χ1n) is 9.94. The van der Waals surface area contributed by atoms with Gasteiger partial charge in [-0.15, -0.1) is 10.2 Å². The minimum atomic E-state index is -1.01. The number of fused-ring (bicyclic) bond motifs is 3. The van der Waals surface area contributed by atoms with Gasteiger partial charge in [0.2, 0.25) is 11.1 Å². The molecule has 4 rings (SSSR count). The quantitative estimate of drug-likeness (QED) is 0.419. The fourth-order valence-corrected chi connectivity index (χ4v) is 4.24. The molecular formula is C22H21N5O3S. The van der Waals surface area contributed by atoms with Gasteiger partial charge in [0.05, 0.1) is 16.3 Å². The van der Waals surface area contributed by atoms with Crippen LogP contribution in [0.2, 0.25) is 0 Å². The van der Waals surface area contributed by atoms with Gasteiger partial charge in [0, 0.05) is 17.6 Å². The lowest BCUT2D eigenvalue weighted by atomic mass is 10.2. The number of thioether (sulfide) groups is 1. The first-order valence-corrected chi connectivity index (χ1v) is 10.8. The summed E-state index contributed by atoms with van der Waals surface area (Å²) in [5, 5.41) is 21.5. The summed E-state index contributed by atoms with van der Waals surface area (Å²) < 4.78 is 2.09. The number of amides is 1. The minimum absolute atomic E-state index is 0.165. The van der Waals surface area contributed by atoms with Gasteiger partial charge < -0.3 is 15.0 Å². The number of nitrogens with one attached hydrogen (secondary N) is 1. The van der Waals surface area contributed by atoms with Gasteiger partial charge in [0.15, 0.2) is 5.65 Å². The van der Waals surface area contributed by atoms with Crippen LogP contribution in [0.25, 0.3) is 22.1 Å². The maximum absolute atomic E-state index is 12.8. The molecule has 0 saturated carbocycles. The van der Waals surface area contributed by atoms with Crippen LogP contribution in [-0.4, -0.2) is 42.0 Å². The van der Waals surface area contributed by atoms with Gasteiger partial charge in [-0.05, 0) is 43.7 Å². The maximum atomic E-state index is 12.8. The van der Waals surface area contributed by atoms with E-state index in [4.69, 9.17) is 10.1 Å². The number of aromatic carboxylic acids is 1. The number of hydrogen-bond acceptors (Lipinski definition) is 6. The number of nitrogens with zero attached hydrogens (tertiary/aromatic N) is 4. The largest absolute Gasteiger partial charge is 0.478 e. The highest BCUT2D eigenvalue weighted by atomic mass is 32.2. The molecule has 0 aliphatic carbocycles. The number of carbonyl (C=O) groups is 2. The predicted octanol–water partition coefficient (Wildman–Crippen LogP) is 4.21. The Morgan fingerprint density at radius 3 is 2.52 bits per heavy atom. The number of carboxylic acids is 1. The SMILES string of the molecule is CCC(Sc1nnc2c3ccccc3n(CC)c2n1)C(=O)Nc1ccc(C(=O)O)cc1. The molecule has 0 aliphatic rings. The van der Waals surface area contributed by atoms with Crippen molar-refractivity contribution < 1.29 is 14.7 Å². The number of hydrogen-bond donors (Lipinski definition) is 2. The van der Waals surface area contributed by atoms with Crippen LogP contribution in [0.3, 0.4) is 0 Å². The summed E-state index contributed by atoms with van der Waals surface area (Å²) in [4.78, 5) is 28.4. The molecule has 8 nitrogen and oxygen atoms in total. The van der Waals surface area contributed by atoms with Crippen molar-refractivity contribution in [2.24, 2.45) is 0 Å². The van der Waals surface area contributed by atoms with Gasteiger partial charge in [0.1, 0.15) is 5.52 Å². The Labute approximate surface area is 182 Å². The van der Waals surface area contributed by atoms with E-state index in [1.165, 1.54) is 23.9 Å². The third-order valence-corrected chi connectivity index (χ3v) is 6.20. The molecule has 158 valence electrons. The standard InChI is InChI=1S/C22H21N5O3S/c1-3-17(20(28)23-14-11-9-13(10-12-14)21(29)30)31-22-24-19-18(25-26-22)15-7-5-6-8-16(15)27(19)4-2/h5-12,17H,3-4H2,1-2H3,(H,23,28)(H,29,30). The molecule has 2 aromatic heterocycles. The molecule has 0 saturated heterocycles. The van der Waals surface area contributed by atoms with Gasteiger partial charge in [0.25, 0.3) is 0 Å². The Morgan fingerprint density at radius 1 is 1.10 bits per heavy atom. The van der Waals surface area contributed by atoms with Crippen LogP contribution >= 0.6 is 11.8 Å². The smallest absolute Gasteiger partial charge is 0.335 e. The van der Waals surface area contributed by atoms with E-state index < -0.39 is 11.2 Å². The number of para-hydroxylation sites is 1. The van der Waals surface area contributed by atoms with Crippen molar-refractivity contribution >= 4 is 51.4 Å². The summed E-state index contributed by atoms with van der Waals surface area (Å²) in [5.74, 6) is -1.21. The predicted molar refractivity (Wildman–Crippen MR) is 120 cm³/mol. The molecule has 1 amide bonds. The zero-order valence-corrected chi connectivity index (χ0v) is 17.9. The van der Waals surface area contributed by atoms with Crippen molar-refractivity contribution in [1.29, 1.82) is 0 Å². The van der Waals surface area contributed by atoms with Crippen LogP contribution in [0.4, 0.5) is 5.69 Å². The zero-order chi connectivity index (χ0) is 22.0. The van der Waals surface area contributed by atoms with E-state index in [1.807, 2.05) is 31.2 Å². The molecule has 0 spiro atoms. The Morgan fingerprint density at radius 2 is 1.84 bits per heavy atom. The molecule has 2 heterocycles. The maximum Gasteiger partial charge on any atom is 0.335 e. The Bertz CT molecular complexity index is 1270. The lowest BCUT2D eigenvalue weighted by Crippen LogP contribution is -2.25. The summed E-state index contributed by atoms with van der Waals surface area (Å²) in [6, 6.07) is 14.0. The molecule has 2 aromatic carbocycles. The minimum Gasteiger partial charge on any atom is -0.478 e. The molecule has 0 aliphatic heterocycles. The van der Waals surface area contributed by atoms with Crippen molar-refractivity contribution in [1.82, 2.24) is 19.7 Å². The van der Waals surface area contributed by atoms with Crippen molar-refractivity contribution in [3.8, 4) is 0 Å². The van der Waals surface area contributed by atoms with E-state index in [0.29, 0.717) is 17.3 Å². The first kappa shape index (κ1) is 20.8. The number of carboxylic acid groups (broad SMARTS) is 1. The molecule has 1 unspecified atom stereocenters. The Hall–Kier alpha value is -3.46. The average molecular weight is 436 g/mol. The summed E-state index contributed by atoms with van der Waals surface area (Å²) in [5.41, 5.74) is 3.25. The molecular weight excluding hydrogens is 414 g/mol. The van der Waals surface area contributed by atoms with Crippen LogP contribution in [0.5, 0.6) is 0 Å². The molecule has 31 heavy (non-hydrogen) atoms. The average Bonchev–Trinajstić information content (AvgIpc) is 3.10. The number of benzene rings is 2. The van der Waals surface area contributed by atoms with Crippen LogP contribution in [0.15, 0.2) is 53.7 Å². The molecule has 2 N–H and O–H groups in total. The zero-order valence-electron chi connectivity index (χ0n) is 17.1. The molecule has 4 aromatic rings. The number of aromatic nitrogens is 4. The highest BCUT2D eigenvalue weighted by Gasteiger charge is 2.21. The van der Waals surface area contributed by atoms with Crippen molar-refractivity contribution in [2.45, 2.75) is 37.2 Å². The van der Waals surface area contributed by atoms with Gasteiger partial charge >= 0.3 is 5.97 Å². The van der Waals surface area contributed by atoms with E-state index in [1.54, 1.807) is 12.1 Å².